The molecule has 0 heterocycles. The Morgan fingerprint density at radius 1 is 0.962 bits per heavy atom. The van der Waals surface area contributed by atoms with Gasteiger partial charge in [0, 0.05) is 12.5 Å². The van der Waals surface area contributed by atoms with Crippen LogP contribution in [0.4, 0.5) is 0 Å². The lowest BCUT2D eigenvalue weighted by Gasteiger charge is -2.43. The molecule has 2 aromatic rings. The minimum absolute atomic E-state index is 0.0196. The van der Waals surface area contributed by atoms with E-state index in [9.17, 15) is 5.11 Å². The van der Waals surface area contributed by atoms with E-state index in [0.29, 0.717) is 6.61 Å². The third-order valence-electron chi connectivity index (χ3n) is 5.66. The fourth-order valence-corrected chi connectivity index (χ4v) is 8.79. The first-order chi connectivity index (χ1) is 12.4. The van der Waals surface area contributed by atoms with Crippen molar-refractivity contribution in [3.8, 4) is 0 Å². The first-order valence-corrected chi connectivity index (χ1v) is 11.4. The van der Waals surface area contributed by atoms with E-state index in [4.69, 9.17) is 4.43 Å². The topological polar surface area (TPSA) is 29.5 Å². The molecule has 2 nitrogen and oxygen atoms in total. The fraction of sp³-hybridized carbons (Fsp3) is 0.391. The molecule has 0 spiro atoms. The predicted octanol–water partition coefficient (Wildman–Crippen LogP) is 3.89. The van der Waals surface area contributed by atoms with Crippen molar-refractivity contribution < 1.29 is 9.53 Å². The summed E-state index contributed by atoms with van der Waals surface area (Å²) in [4.78, 5) is 0. The van der Waals surface area contributed by atoms with Crippen molar-refractivity contribution in [3.05, 3.63) is 72.8 Å². The van der Waals surface area contributed by atoms with Gasteiger partial charge in [0.15, 0.2) is 0 Å². The lowest BCUT2D eigenvalue weighted by atomic mass is 10.1. The van der Waals surface area contributed by atoms with E-state index in [1.54, 1.807) is 0 Å². The number of aliphatic hydroxyl groups excluding tert-OH is 1. The normalized spacial score (nSPS) is 21.2. The van der Waals surface area contributed by atoms with Gasteiger partial charge in [0.05, 0.1) is 6.10 Å². The number of aliphatic hydroxyl groups is 1. The molecule has 3 rings (SSSR count). The monoisotopic (exact) mass is 366 g/mol. The minimum atomic E-state index is -2.49. The third kappa shape index (κ3) is 3.44. The van der Waals surface area contributed by atoms with Crippen molar-refractivity contribution in [3.63, 3.8) is 0 Å². The van der Waals surface area contributed by atoms with Gasteiger partial charge in [-0.3, -0.25) is 0 Å². The Morgan fingerprint density at radius 3 is 1.85 bits per heavy atom. The third-order valence-corrected chi connectivity index (χ3v) is 10.7. The summed E-state index contributed by atoms with van der Waals surface area (Å²) in [5.74, 6) is 0.242. The van der Waals surface area contributed by atoms with E-state index < -0.39 is 8.32 Å². The number of hydrogen-bond acceptors (Lipinski definition) is 2. The van der Waals surface area contributed by atoms with E-state index in [-0.39, 0.29) is 17.1 Å². The smallest absolute Gasteiger partial charge is 0.261 e. The van der Waals surface area contributed by atoms with Gasteiger partial charge in [0.25, 0.3) is 8.32 Å². The van der Waals surface area contributed by atoms with Gasteiger partial charge in [0.2, 0.25) is 0 Å². The Morgan fingerprint density at radius 2 is 1.46 bits per heavy atom. The van der Waals surface area contributed by atoms with Crippen LogP contribution < -0.4 is 10.4 Å². The van der Waals surface area contributed by atoms with Crippen molar-refractivity contribution in [2.75, 3.05) is 6.61 Å². The van der Waals surface area contributed by atoms with Crippen LogP contribution in [-0.2, 0) is 4.43 Å². The van der Waals surface area contributed by atoms with Crippen LogP contribution in [0.3, 0.4) is 0 Å². The predicted molar refractivity (Wildman–Crippen MR) is 111 cm³/mol. The van der Waals surface area contributed by atoms with Crippen LogP contribution in [0.2, 0.25) is 5.04 Å². The summed E-state index contributed by atoms with van der Waals surface area (Å²) in [7, 11) is -2.49. The van der Waals surface area contributed by atoms with Gasteiger partial charge in [-0.15, -0.1) is 0 Å². The average Bonchev–Trinajstić information content (AvgIpc) is 2.95. The molecule has 1 fully saturated rings. The molecule has 1 saturated carbocycles. The highest BCUT2D eigenvalue weighted by Crippen LogP contribution is 2.38. The molecule has 0 bridgehead atoms. The fourth-order valence-electron chi connectivity index (χ4n) is 4.18. The lowest BCUT2D eigenvalue weighted by Crippen LogP contribution is -2.66. The van der Waals surface area contributed by atoms with Gasteiger partial charge in [-0.25, -0.2) is 0 Å². The largest absolute Gasteiger partial charge is 0.407 e. The summed E-state index contributed by atoms with van der Waals surface area (Å²) >= 11 is 0. The van der Waals surface area contributed by atoms with E-state index >= 15 is 0 Å². The zero-order chi connectivity index (χ0) is 18.8. The van der Waals surface area contributed by atoms with Crippen LogP contribution in [0.1, 0.15) is 33.6 Å². The maximum Gasteiger partial charge on any atom is 0.261 e. The van der Waals surface area contributed by atoms with Crippen LogP contribution in [-0.4, -0.2) is 26.1 Å². The molecular formula is C23H30O2Si. The molecule has 26 heavy (non-hydrogen) atoms. The highest BCUT2D eigenvalue weighted by atomic mass is 28.4. The Hall–Kier alpha value is -1.68. The van der Waals surface area contributed by atoms with E-state index in [1.165, 1.54) is 10.4 Å². The van der Waals surface area contributed by atoms with Crippen LogP contribution in [0.15, 0.2) is 72.8 Å². The first kappa shape index (κ1) is 19.1. The van der Waals surface area contributed by atoms with Crippen molar-refractivity contribution in [1.82, 2.24) is 0 Å². The van der Waals surface area contributed by atoms with Gasteiger partial charge in [0.1, 0.15) is 0 Å². The van der Waals surface area contributed by atoms with Crippen molar-refractivity contribution in [1.29, 1.82) is 0 Å². The van der Waals surface area contributed by atoms with Crippen molar-refractivity contribution in [2.24, 2.45) is 5.92 Å². The Labute approximate surface area is 158 Å². The summed E-state index contributed by atoms with van der Waals surface area (Å²) in [5, 5.41) is 12.6. The van der Waals surface area contributed by atoms with Gasteiger partial charge in [-0.2, -0.15) is 0 Å². The molecule has 2 aromatic carbocycles. The van der Waals surface area contributed by atoms with E-state index in [0.717, 1.165) is 18.4 Å². The summed E-state index contributed by atoms with van der Waals surface area (Å²) in [6.45, 7) is 11.6. The zero-order valence-electron chi connectivity index (χ0n) is 16.1. The Balaban J connectivity index is 2.04. The van der Waals surface area contributed by atoms with Crippen molar-refractivity contribution >= 4 is 18.7 Å². The zero-order valence-corrected chi connectivity index (χ0v) is 17.1. The summed E-state index contributed by atoms with van der Waals surface area (Å²) in [5.41, 5.74) is 0.933. The molecule has 1 N–H and O–H groups in total. The quantitative estimate of drug-likeness (QED) is 0.642. The van der Waals surface area contributed by atoms with Crippen LogP contribution in [0, 0.1) is 5.92 Å². The van der Waals surface area contributed by atoms with E-state index in [2.05, 4.69) is 88.0 Å². The molecule has 0 radical (unpaired) electrons. The molecular weight excluding hydrogens is 336 g/mol. The Bertz CT molecular complexity index is 694. The highest BCUT2D eigenvalue weighted by molar-refractivity contribution is 6.99. The standard InChI is InChI=1S/C23H30O2Si/c1-18-19(15-16-22(18)24)17-25-26(23(2,3)4,20-11-7-5-8-12-20)21-13-9-6-10-14-21/h5-14,19,22,24H,1,15-17H2,2-4H3/t19-,22-/m1/s1. The molecule has 0 amide bonds. The molecule has 0 aromatic heterocycles. The molecule has 1 aliphatic rings. The van der Waals surface area contributed by atoms with Crippen molar-refractivity contribution in [2.45, 2.75) is 44.8 Å². The molecule has 1 aliphatic carbocycles. The molecule has 0 aliphatic heterocycles. The lowest BCUT2D eigenvalue weighted by molar-refractivity contribution is 0.214. The van der Waals surface area contributed by atoms with Crippen LogP contribution >= 0.6 is 0 Å². The summed E-state index contributed by atoms with van der Waals surface area (Å²) in [6.07, 6.45) is 1.38. The molecule has 3 heteroatoms. The number of benzene rings is 2. The molecule has 2 atom stereocenters. The number of hydrogen-bond donors (Lipinski definition) is 1. The molecule has 0 saturated heterocycles. The average molecular weight is 367 g/mol. The van der Waals surface area contributed by atoms with E-state index in [1.807, 2.05) is 0 Å². The van der Waals surface area contributed by atoms with Crippen LogP contribution in [0.5, 0.6) is 0 Å². The summed E-state index contributed by atoms with van der Waals surface area (Å²) in [6, 6.07) is 21.4. The second-order valence-corrected chi connectivity index (χ2v) is 12.6. The summed E-state index contributed by atoms with van der Waals surface area (Å²) < 4.78 is 6.94. The highest BCUT2D eigenvalue weighted by Gasteiger charge is 2.50. The van der Waals surface area contributed by atoms with Gasteiger partial charge in [-0.1, -0.05) is 88.0 Å². The van der Waals surface area contributed by atoms with Crippen LogP contribution in [0.25, 0.3) is 0 Å². The Kier molecular flexibility index (Phi) is 5.52. The maximum absolute atomic E-state index is 10.0. The van der Waals surface area contributed by atoms with Gasteiger partial charge in [-0.05, 0) is 33.8 Å². The first-order valence-electron chi connectivity index (χ1n) is 9.48. The van der Waals surface area contributed by atoms with Gasteiger partial charge < -0.3 is 9.53 Å². The second kappa shape index (κ2) is 7.51. The minimum Gasteiger partial charge on any atom is -0.407 e. The SMILES string of the molecule is C=C1[C@@H](CO[Si](c2ccccc2)(c2ccccc2)C(C)(C)C)CC[C@H]1O. The van der Waals surface area contributed by atoms with Gasteiger partial charge >= 0.3 is 0 Å². The molecule has 138 valence electrons. The molecule has 0 unspecified atom stereocenters. The maximum atomic E-state index is 10.0. The number of rotatable bonds is 5. The second-order valence-electron chi connectivity index (χ2n) is 8.34.